The molecule has 4 aromatic rings. The third-order valence-corrected chi connectivity index (χ3v) is 5.46. The number of methoxy groups -OCH3 is 2. The van der Waals surface area contributed by atoms with E-state index in [0.29, 0.717) is 53.1 Å². The minimum Gasteiger partial charge on any atom is -0.493 e. The number of carbonyl (C=O) groups is 1. The Morgan fingerprint density at radius 1 is 0.946 bits per heavy atom. The van der Waals surface area contributed by atoms with Crippen molar-refractivity contribution in [2.24, 2.45) is 0 Å². The van der Waals surface area contributed by atoms with Crippen LogP contribution in [-0.2, 0) is 16.0 Å². The molecule has 0 aliphatic rings. The molecule has 4 rings (SSSR count). The van der Waals surface area contributed by atoms with Crippen molar-refractivity contribution in [1.29, 1.82) is 0 Å². The van der Waals surface area contributed by atoms with Crippen molar-refractivity contribution in [2.45, 2.75) is 6.42 Å². The van der Waals surface area contributed by atoms with Gasteiger partial charge in [0.2, 0.25) is 11.8 Å². The summed E-state index contributed by atoms with van der Waals surface area (Å²) in [6.45, 7) is 0.841. The fraction of sp³-hybridized carbons (Fsp3) is 0.259. The van der Waals surface area contributed by atoms with Gasteiger partial charge in [-0.2, -0.15) is 0 Å². The minimum atomic E-state index is -0.158. The molecule has 0 bridgehead atoms. The highest BCUT2D eigenvalue weighted by atomic mass is 16.5. The molecule has 0 fully saturated rings. The zero-order chi connectivity index (χ0) is 26.2. The van der Waals surface area contributed by atoms with Crippen LogP contribution in [0.25, 0.3) is 10.9 Å². The molecule has 0 unspecified atom stereocenters. The van der Waals surface area contributed by atoms with Gasteiger partial charge in [-0.3, -0.25) is 4.79 Å². The molecule has 0 atom stereocenters. The van der Waals surface area contributed by atoms with Crippen LogP contribution in [0.4, 0.5) is 11.5 Å². The first-order chi connectivity index (χ1) is 18.0. The number of rotatable bonds is 11. The lowest BCUT2D eigenvalue weighted by atomic mass is 10.1. The van der Waals surface area contributed by atoms with Gasteiger partial charge in [0.15, 0.2) is 11.5 Å². The predicted molar refractivity (Wildman–Crippen MR) is 141 cm³/mol. The van der Waals surface area contributed by atoms with Gasteiger partial charge in [-0.25, -0.2) is 15.0 Å². The Bertz CT molecular complexity index is 1360. The van der Waals surface area contributed by atoms with Crippen molar-refractivity contribution in [3.63, 3.8) is 0 Å². The zero-order valence-electron chi connectivity index (χ0n) is 21.2. The Balaban J connectivity index is 1.44. The number of carbonyl (C=O) groups excluding carboxylic acids is 1. The summed E-state index contributed by atoms with van der Waals surface area (Å²) in [5, 5.41) is 3.51. The SMILES string of the molecule is COCCOc1cc2ncnc(Oc3ccc(CC(=O)Nc4cc(N(C)C)ccn4)cc3)c2cc1OC. The molecule has 37 heavy (non-hydrogen) atoms. The lowest BCUT2D eigenvalue weighted by molar-refractivity contribution is -0.115. The lowest BCUT2D eigenvalue weighted by Crippen LogP contribution is -2.16. The summed E-state index contributed by atoms with van der Waals surface area (Å²) >= 11 is 0. The van der Waals surface area contributed by atoms with E-state index in [2.05, 4.69) is 20.3 Å². The molecular formula is C27H29N5O5. The summed E-state index contributed by atoms with van der Waals surface area (Å²) in [6, 6.07) is 14.5. The molecule has 1 amide bonds. The number of amides is 1. The quantitative estimate of drug-likeness (QED) is 0.303. The number of aromatic nitrogens is 3. The van der Waals surface area contributed by atoms with Gasteiger partial charge in [-0.1, -0.05) is 12.1 Å². The van der Waals surface area contributed by atoms with E-state index in [1.165, 1.54) is 6.33 Å². The van der Waals surface area contributed by atoms with E-state index < -0.39 is 0 Å². The smallest absolute Gasteiger partial charge is 0.230 e. The van der Waals surface area contributed by atoms with Crippen LogP contribution >= 0.6 is 0 Å². The Labute approximate surface area is 215 Å². The molecule has 0 aliphatic carbocycles. The van der Waals surface area contributed by atoms with E-state index in [4.69, 9.17) is 18.9 Å². The monoisotopic (exact) mass is 503 g/mol. The molecule has 0 aliphatic heterocycles. The van der Waals surface area contributed by atoms with Crippen LogP contribution in [0, 0.1) is 0 Å². The third-order valence-electron chi connectivity index (χ3n) is 5.46. The molecule has 0 spiro atoms. The van der Waals surface area contributed by atoms with Crippen LogP contribution < -0.4 is 24.4 Å². The van der Waals surface area contributed by atoms with Crippen molar-refractivity contribution in [2.75, 3.05) is 51.7 Å². The van der Waals surface area contributed by atoms with E-state index in [1.807, 2.05) is 43.3 Å². The van der Waals surface area contributed by atoms with Gasteiger partial charge in [0.25, 0.3) is 0 Å². The molecular weight excluding hydrogens is 474 g/mol. The zero-order valence-corrected chi connectivity index (χ0v) is 21.2. The van der Waals surface area contributed by atoms with Crippen molar-refractivity contribution in [3.8, 4) is 23.1 Å². The van der Waals surface area contributed by atoms with Crippen LogP contribution in [0.15, 0.2) is 61.1 Å². The van der Waals surface area contributed by atoms with Gasteiger partial charge >= 0.3 is 0 Å². The lowest BCUT2D eigenvalue weighted by Gasteiger charge is -2.13. The average Bonchev–Trinajstić information content (AvgIpc) is 2.90. The average molecular weight is 504 g/mol. The molecule has 0 saturated carbocycles. The summed E-state index contributed by atoms with van der Waals surface area (Å²) in [7, 11) is 7.05. The minimum absolute atomic E-state index is 0.158. The van der Waals surface area contributed by atoms with Gasteiger partial charge in [0, 0.05) is 45.2 Å². The number of hydrogen-bond donors (Lipinski definition) is 1. The highest BCUT2D eigenvalue weighted by molar-refractivity contribution is 5.91. The van der Waals surface area contributed by atoms with E-state index in [9.17, 15) is 4.79 Å². The fourth-order valence-electron chi connectivity index (χ4n) is 3.55. The molecule has 192 valence electrons. The van der Waals surface area contributed by atoms with Crippen molar-refractivity contribution < 1.29 is 23.7 Å². The Hall–Kier alpha value is -4.44. The molecule has 10 nitrogen and oxygen atoms in total. The predicted octanol–water partition coefficient (Wildman–Crippen LogP) is 4.10. The van der Waals surface area contributed by atoms with Crippen molar-refractivity contribution >= 4 is 28.3 Å². The van der Waals surface area contributed by atoms with E-state index in [1.54, 1.807) is 44.7 Å². The maximum Gasteiger partial charge on any atom is 0.230 e. The second kappa shape index (κ2) is 12.0. The molecule has 1 N–H and O–H groups in total. The van der Waals surface area contributed by atoms with Crippen LogP contribution in [-0.4, -0.2) is 62.4 Å². The number of benzene rings is 2. The van der Waals surface area contributed by atoms with Crippen LogP contribution in [0.1, 0.15) is 5.56 Å². The normalized spacial score (nSPS) is 10.7. The molecule has 2 heterocycles. The van der Waals surface area contributed by atoms with Crippen molar-refractivity contribution in [1.82, 2.24) is 15.0 Å². The summed E-state index contributed by atoms with van der Waals surface area (Å²) in [4.78, 5) is 27.3. The number of nitrogens with one attached hydrogen (secondary N) is 1. The Morgan fingerprint density at radius 3 is 2.49 bits per heavy atom. The summed E-state index contributed by atoms with van der Waals surface area (Å²) in [6.07, 6.45) is 3.30. The number of fused-ring (bicyclic) bond motifs is 1. The van der Waals surface area contributed by atoms with E-state index in [-0.39, 0.29) is 12.3 Å². The first kappa shape index (κ1) is 25.6. The summed E-state index contributed by atoms with van der Waals surface area (Å²) < 4.78 is 22.3. The van der Waals surface area contributed by atoms with Gasteiger partial charge in [0.05, 0.1) is 31.0 Å². The highest BCUT2D eigenvalue weighted by Crippen LogP contribution is 2.36. The largest absolute Gasteiger partial charge is 0.493 e. The van der Waals surface area contributed by atoms with E-state index in [0.717, 1.165) is 11.3 Å². The molecule has 10 heteroatoms. The first-order valence-electron chi connectivity index (χ1n) is 11.6. The number of nitrogens with zero attached hydrogens (tertiary/aromatic N) is 4. The third kappa shape index (κ3) is 6.62. The van der Waals surface area contributed by atoms with Crippen LogP contribution in [0.2, 0.25) is 0 Å². The Morgan fingerprint density at radius 2 is 1.76 bits per heavy atom. The van der Waals surface area contributed by atoms with Gasteiger partial charge < -0.3 is 29.2 Å². The second-order valence-corrected chi connectivity index (χ2v) is 8.30. The number of ether oxygens (including phenoxy) is 4. The van der Waals surface area contributed by atoms with Crippen LogP contribution in [0.3, 0.4) is 0 Å². The highest BCUT2D eigenvalue weighted by Gasteiger charge is 2.14. The topological polar surface area (TPSA) is 108 Å². The van der Waals surface area contributed by atoms with Crippen molar-refractivity contribution in [3.05, 3.63) is 66.6 Å². The number of pyridine rings is 1. The standard InChI is InChI=1S/C27H29N5O5/c1-32(2)19-9-10-28-25(14-19)31-26(33)13-18-5-7-20(8-6-18)37-27-21-15-23(35-4)24(36-12-11-34-3)16-22(21)29-17-30-27/h5-10,14-17H,11-13H2,1-4H3,(H,28,31,33). The van der Waals surface area contributed by atoms with Gasteiger partial charge in [-0.05, 0) is 29.8 Å². The second-order valence-electron chi connectivity index (χ2n) is 8.30. The number of hydrogen-bond acceptors (Lipinski definition) is 9. The van der Waals surface area contributed by atoms with Gasteiger partial charge in [0.1, 0.15) is 24.5 Å². The number of anilines is 2. The summed E-state index contributed by atoms with van der Waals surface area (Å²) in [5.74, 6) is 2.40. The maximum atomic E-state index is 12.5. The van der Waals surface area contributed by atoms with Crippen LogP contribution in [0.5, 0.6) is 23.1 Å². The van der Waals surface area contributed by atoms with E-state index >= 15 is 0 Å². The summed E-state index contributed by atoms with van der Waals surface area (Å²) in [5.41, 5.74) is 2.44. The van der Waals surface area contributed by atoms with Gasteiger partial charge in [-0.15, -0.1) is 0 Å². The molecule has 2 aromatic carbocycles. The fourth-order valence-corrected chi connectivity index (χ4v) is 3.55. The molecule has 2 aromatic heterocycles. The molecule has 0 saturated heterocycles. The first-order valence-corrected chi connectivity index (χ1v) is 11.6. The Kier molecular flexibility index (Phi) is 8.32. The molecule has 0 radical (unpaired) electrons. The maximum absolute atomic E-state index is 12.5.